The maximum Gasteiger partial charge on any atom is 0.324 e. The van der Waals surface area contributed by atoms with Gasteiger partial charge in [0.1, 0.15) is 17.2 Å². The van der Waals surface area contributed by atoms with Crippen molar-refractivity contribution in [2.24, 2.45) is 5.92 Å². The molecule has 27 heavy (non-hydrogen) atoms. The lowest BCUT2D eigenvalue weighted by molar-refractivity contribution is -0.144. The summed E-state index contributed by atoms with van der Waals surface area (Å²) >= 11 is 0. The number of carbonyl (C=O) groups excluding carboxylic acids is 2. The summed E-state index contributed by atoms with van der Waals surface area (Å²) in [6, 6.07) is 2.22. The molecule has 8 nitrogen and oxygen atoms in total. The number of ether oxygens (including phenoxy) is 2. The third-order valence-corrected chi connectivity index (χ3v) is 6.50. The first-order chi connectivity index (χ1) is 12.8. The summed E-state index contributed by atoms with van der Waals surface area (Å²) in [6.07, 6.45) is 2.88. The van der Waals surface area contributed by atoms with Crippen LogP contribution in [0.2, 0.25) is 0 Å². The summed E-state index contributed by atoms with van der Waals surface area (Å²) in [5.41, 5.74) is 0.621. The Morgan fingerprint density at radius 1 is 1.44 bits per heavy atom. The molecule has 0 spiro atoms. The van der Waals surface area contributed by atoms with Crippen molar-refractivity contribution in [3.05, 3.63) is 17.8 Å². The lowest BCUT2D eigenvalue weighted by atomic mass is 10.1. The Kier molecular flexibility index (Phi) is 7.32. The van der Waals surface area contributed by atoms with Crippen LogP contribution in [-0.4, -0.2) is 56.3 Å². The Morgan fingerprint density at radius 3 is 2.85 bits per heavy atom. The predicted octanol–water partition coefficient (Wildman–Crippen LogP) is 1.71. The van der Waals surface area contributed by atoms with Gasteiger partial charge in [-0.2, -0.15) is 4.31 Å². The van der Waals surface area contributed by atoms with Crippen LogP contribution in [0, 0.1) is 12.8 Å². The van der Waals surface area contributed by atoms with Gasteiger partial charge in [0.25, 0.3) is 0 Å². The molecule has 0 amide bonds. The average molecular weight is 398 g/mol. The number of hydrogen-bond donors (Lipinski definition) is 0. The fourth-order valence-corrected chi connectivity index (χ4v) is 4.70. The zero-order valence-electron chi connectivity index (χ0n) is 15.9. The molecule has 1 saturated heterocycles. The summed E-state index contributed by atoms with van der Waals surface area (Å²) in [5, 5.41) is 0. The number of sulfonamides is 1. The average Bonchev–Trinajstić information content (AvgIpc) is 3.12. The van der Waals surface area contributed by atoms with E-state index in [0.717, 1.165) is 10.6 Å². The molecule has 2 atom stereocenters. The Bertz CT molecular complexity index is 780. The summed E-state index contributed by atoms with van der Waals surface area (Å²) in [5.74, 6) is -0.417. The minimum absolute atomic E-state index is 0.0174. The smallest absolute Gasteiger partial charge is 0.324 e. The summed E-state index contributed by atoms with van der Waals surface area (Å²) < 4.78 is 37.8. The van der Waals surface area contributed by atoms with Gasteiger partial charge in [-0.05, 0) is 44.2 Å². The first-order valence-electron chi connectivity index (χ1n) is 8.95. The largest absolute Gasteiger partial charge is 0.477 e. The molecule has 0 N–H and O–H groups in total. The van der Waals surface area contributed by atoms with Crippen molar-refractivity contribution in [1.82, 2.24) is 9.29 Å². The van der Waals surface area contributed by atoms with Crippen molar-refractivity contribution in [3.63, 3.8) is 0 Å². The molecule has 1 aliphatic rings. The van der Waals surface area contributed by atoms with Crippen LogP contribution in [0.5, 0.6) is 5.88 Å². The number of aryl methyl sites for hydroxylation is 1. The van der Waals surface area contributed by atoms with E-state index in [2.05, 4.69) is 4.98 Å². The van der Waals surface area contributed by atoms with E-state index in [1.54, 1.807) is 13.0 Å². The van der Waals surface area contributed by atoms with Gasteiger partial charge in [-0.3, -0.25) is 4.79 Å². The zero-order chi connectivity index (χ0) is 20.0. The molecular formula is C18H26N2O6S. The van der Waals surface area contributed by atoms with Gasteiger partial charge in [0.2, 0.25) is 15.9 Å². The number of aldehydes is 1. The van der Waals surface area contributed by atoms with Gasteiger partial charge in [-0.15, -0.1) is 0 Å². The number of pyridine rings is 1. The molecule has 0 radical (unpaired) electrons. The van der Waals surface area contributed by atoms with Crippen molar-refractivity contribution in [1.29, 1.82) is 0 Å². The Labute approximate surface area is 159 Å². The molecule has 9 heteroatoms. The maximum atomic E-state index is 13.1. The molecule has 2 rings (SSSR count). The molecule has 1 aliphatic heterocycles. The molecule has 1 fully saturated rings. The van der Waals surface area contributed by atoms with Gasteiger partial charge in [-0.1, -0.05) is 6.92 Å². The highest BCUT2D eigenvalue weighted by molar-refractivity contribution is 7.89. The van der Waals surface area contributed by atoms with E-state index in [4.69, 9.17) is 9.47 Å². The highest BCUT2D eigenvalue weighted by Gasteiger charge is 2.41. The first-order valence-corrected chi connectivity index (χ1v) is 10.4. The monoisotopic (exact) mass is 398 g/mol. The van der Waals surface area contributed by atoms with Crippen molar-refractivity contribution < 1.29 is 27.5 Å². The fourth-order valence-electron chi connectivity index (χ4n) is 2.98. The van der Waals surface area contributed by atoms with Gasteiger partial charge in [0.05, 0.1) is 13.7 Å². The molecule has 0 bridgehead atoms. The Balaban J connectivity index is 2.25. The summed E-state index contributed by atoms with van der Waals surface area (Å²) in [6.45, 7) is 4.15. The van der Waals surface area contributed by atoms with E-state index in [1.165, 1.54) is 13.2 Å². The van der Waals surface area contributed by atoms with E-state index < -0.39 is 22.0 Å². The van der Waals surface area contributed by atoms with E-state index in [0.29, 0.717) is 31.4 Å². The lowest BCUT2D eigenvalue weighted by Gasteiger charge is -2.23. The number of rotatable bonds is 9. The highest BCUT2D eigenvalue weighted by Crippen LogP contribution is 2.31. The van der Waals surface area contributed by atoms with Crippen molar-refractivity contribution in [2.75, 3.05) is 20.3 Å². The van der Waals surface area contributed by atoms with Gasteiger partial charge < -0.3 is 14.3 Å². The van der Waals surface area contributed by atoms with Gasteiger partial charge in [0, 0.05) is 18.7 Å². The van der Waals surface area contributed by atoms with E-state index >= 15 is 0 Å². The lowest BCUT2D eigenvalue weighted by Crippen LogP contribution is -2.41. The quantitative estimate of drug-likeness (QED) is 0.461. The number of aromatic nitrogens is 1. The van der Waals surface area contributed by atoms with Crippen LogP contribution in [0.4, 0.5) is 0 Å². The number of methoxy groups -OCH3 is 1. The van der Waals surface area contributed by atoms with Crippen LogP contribution < -0.4 is 4.74 Å². The second-order valence-corrected chi connectivity index (χ2v) is 8.56. The van der Waals surface area contributed by atoms with E-state index in [1.807, 2.05) is 6.92 Å². The molecule has 0 aliphatic carbocycles. The van der Waals surface area contributed by atoms with Crippen molar-refractivity contribution in [3.8, 4) is 5.88 Å². The van der Waals surface area contributed by atoms with Crippen LogP contribution in [0.25, 0.3) is 0 Å². The molecule has 2 heterocycles. The van der Waals surface area contributed by atoms with Crippen LogP contribution in [0.3, 0.4) is 0 Å². The third-order valence-electron chi connectivity index (χ3n) is 4.58. The minimum atomic E-state index is -3.96. The van der Waals surface area contributed by atoms with Gasteiger partial charge >= 0.3 is 5.97 Å². The second kappa shape index (κ2) is 9.27. The number of esters is 1. The topological polar surface area (TPSA) is 103 Å². The summed E-state index contributed by atoms with van der Waals surface area (Å²) in [7, 11) is -2.72. The zero-order valence-corrected chi connectivity index (χ0v) is 16.7. The third kappa shape index (κ3) is 5.04. The molecule has 1 aromatic rings. The van der Waals surface area contributed by atoms with Crippen LogP contribution >= 0.6 is 0 Å². The normalized spacial score (nSPS) is 18.9. The van der Waals surface area contributed by atoms with Crippen LogP contribution in [0.1, 0.15) is 38.3 Å². The number of hydrogen-bond acceptors (Lipinski definition) is 7. The number of carbonyl (C=O) groups is 2. The van der Waals surface area contributed by atoms with Crippen LogP contribution in [-0.2, 0) is 24.3 Å². The number of nitrogens with zero attached hydrogens (tertiary/aromatic N) is 2. The standard InChI is InChI=1S/C18H26N2O6S/c1-13(8-11-21)9-12-26-17-16(7-6-14(2)19-17)27(23,24)20-10-4-5-15(20)18(22)25-3/h6-7,11,13,15H,4-5,8-10,12H2,1-3H3/t13-,15+/m1/s1. The van der Waals surface area contributed by atoms with Gasteiger partial charge in [-0.25, -0.2) is 13.4 Å². The van der Waals surface area contributed by atoms with Crippen molar-refractivity contribution in [2.45, 2.75) is 50.5 Å². The molecule has 150 valence electrons. The van der Waals surface area contributed by atoms with Crippen molar-refractivity contribution >= 4 is 22.3 Å². The van der Waals surface area contributed by atoms with Gasteiger partial charge in [0.15, 0.2) is 0 Å². The molecule has 0 aromatic carbocycles. The Morgan fingerprint density at radius 2 is 2.19 bits per heavy atom. The molecule has 1 aromatic heterocycles. The fraction of sp³-hybridized carbons (Fsp3) is 0.611. The molecule has 0 unspecified atom stereocenters. The molecule has 0 saturated carbocycles. The maximum absolute atomic E-state index is 13.1. The second-order valence-electron chi connectivity index (χ2n) is 6.70. The highest BCUT2D eigenvalue weighted by atomic mass is 32.2. The van der Waals surface area contributed by atoms with Crippen LogP contribution in [0.15, 0.2) is 17.0 Å². The predicted molar refractivity (Wildman–Crippen MR) is 97.9 cm³/mol. The minimum Gasteiger partial charge on any atom is -0.477 e. The SMILES string of the molecule is COC(=O)[C@@H]1CCCN1S(=O)(=O)c1ccc(C)nc1OCC[C@H](C)CC=O. The van der Waals surface area contributed by atoms with E-state index in [-0.39, 0.29) is 29.8 Å². The van der Waals surface area contributed by atoms with E-state index in [9.17, 15) is 18.0 Å². The summed E-state index contributed by atoms with van der Waals surface area (Å²) in [4.78, 5) is 26.7. The Hall–Kier alpha value is -2.00. The first kappa shape index (κ1) is 21.3. The molecular weight excluding hydrogens is 372 g/mol.